The van der Waals surface area contributed by atoms with Crippen molar-refractivity contribution in [1.29, 1.82) is 0 Å². The van der Waals surface area contributed by atoms with Gasteiger partial charge in [0.1, 0.15) is 0 Å². The molecular weight excluding hydrogens is 208 g/mol. The van der Waals surface area contributed by atoms with Crippen LogP contribution in [0.1, 0.15) is 25.0 Å². The molecule has 1 amide bonds. The number of amides is 1. The van der Waals surface area contributed by atoms with Crippen molar-refractivity contribution in [3.8, 4) is 0 Å². The Morgan fingerprint density at radius 1 is 1.50 bits per heavy atom. The number of rotatable bonds is 3. The van der Waals surface area contributed by atoms with Crippen LogP contribution in [0.2, 0.25) is 0 Å². The number of anilines is 1. The number of hydrogen-bond acceptors (Lipinski definition) is 3. The van der Waals surface area contributed by atoms with Crippen LogP contribution < -0.4 is 5.32 Å². The summed E-state index contributed by atoms with van der Waals surface area (Å²) in [6, 6.07) is 2.96. The second-order valence-corrected chi connectivity index (χ2v) is 3.59. The first kappa shape index (κ1) is 12.2. The molecule has 0 aliphatic heterocycles. The number of carbonyl (C=O) groups excluding carboxylic acids is 1. The average Bonchev–Trinajstić information content (AvgIpc) is 2.19. The Kier molecular flexibility index (Phi) is 3.60. The Hall–Kier alpha value is -1.91. The maximum atomic E-state index is 11.0. The monoisotopic (exact) mass is 222 g/mol. The highest BCUT2D eigenvalue weighted by Gasteiger charge is 2.13. The first-order valence-corrected chi connectivity index (χ1v) is 5.01. The third-order valence-electron chi connectivity index (χ3n) is 2.29. The fourth-order valence-electron chi connectivity index (χ4n) is 1.58. The molecule has 0 aliphatic carbocycles. The van der Waals surface area contributed by atoms with Crippen molar-refractivity contribution in [2.75, 3.05) is 5.32 Å². The molecular formula is C11H14N2O3. The lowest BCUT2D eigenvalue weighted by Gasteiger charge is -2.11. The summed E-state index contributed by atoms with van der Waals surface area (Å²) < 4.78 is 0. The second-order valence-electron chi connectivity index (χ2n) is 3.59. The van der Waals surface area contributed by atoms with Crippen molar-refractivity contribution in [3.63, 3.8) is 0 Å². The van der Waals surface area contributed by atoms with Crippen LogP contribution in [0.25, 0.3) is 0 Å². The van der Waals surface area contributed by atoms with Crippen molar-refractivity contribution in [1.82, 2.24) is 0 Å². The summed E-state index contributed by atoms with van der Waals surface area (Å²) in [4.78, 5) is 21.3. The van der Waals surface area contributed by atoms with Gasteiger partial charge in [0.25, 0.3) is 5.69 Å². The molecule has 1 aromatic carbocycles. The molecule has 1 N–H and O–H groups in total. The minimum Gasteiger partial charge on any atom is -0.326 e. The average molecular weight is 222 g/mol. The number of hydrogen-bond donors (Lipinski definition) is 1. The lowest BCUT2D eigenvalue weighted by atomic mass is 10.0. The van der Waals surface area contributed by atoms with Gasteiger partial charge >= 0.3 is 0 Å². The van der Waals surface area contributed by atoms with E-state index in [0.717, 1.165) is 5.56 Å². The summed E-state index contributed by atoms with van der Waals surface area (Å²) >= 11 is 0. The summed E-state index contributed by atoms with van der Waals surface area (Å²) in [6.07, 6.45) is 0.637. The van der Waals surface area contributed by atoms with E-state index in [2.05, 4.69) is 5.32 Å². The summed E-state index contributed by atoms with van der Waals surface area (Å²) in [6.45, 7) is 5.06. The van der Waals surface area contributed by atoms with Crippen LogP contribution in [0, 0.1) is 17.0 Å². The molecule has 0 saturated heterocycles. The van der Waals surface area contributed by atoms with Gasteiger partial charge in [-0.2, -0.15) is 0 Å². The summed E-state index contributed by atoms with van der Waals surface area (Å²) in [5.74, 6) is -0.174. The number of nitrogens with one attached hydrogen (secondary N) is 1. The Balaban J connectivity index is 3.28. The van der Waals surface area contributed by atoms with E-state index in [1.165, 1.54) is 19.1 Å². The van der Waals surface area contributed by atoms with Gasteiger partial charge in [0.2, 0.25) is 5.91 Å². The van der Waals surface area contributed by atoms with Crippen LogP contribution >= 0.6 is 0 Å². The molecule has 86 valence electrons. The molecule has 16 heavy (non-hydrogen) atoms. The first-order valence-electron chi connectivity index (χ1n) is 5.01. The van der Waals surface area contributed by atoms with E-state index < -0.39 is 4.92 Å². The molecule has 0 saturated carbocycles. The predicted molar refractivity (Wildman–Crippen MR) is 61.5 cm³/mol. The molecule has 0 heterocycles. The van der Waals surface area contributed by atoms with E-state index in [9.17, 15) is 14.9 Å². The fraction of sp³-hybridized carbons (Fsp3) is 0.364. The third kappa shape index (κ3) is 2.56. The molecule has 5 heteroatoms. The molecule has 0 fully saturated rings. The Morgan fingerprint density at radius 2 is 2.12 bits per heavy atom. The molecule has 0 spiro atoms. The molecule has 0 aromatic heterocycles. The zero-order valence-corrected chi connectivity index (χ0v) is 9.53. The van der Waals surface area contributed by atoms with Gasteiger partial charge in [0.15, 0.2) is 0 Å². The SMILES string of the molecule is CCc1cc([N+](=O)[O-])cc(C)c1NC(C)=O. The second kappa shape index (κ2) is 4.74. The van der Waals surface area contributed by atoms with Gasteiger partial charge in [-0.15, -0.1) is 0 Å². The molecule has 1 rings (SSSR count). The van der Waals surface area contributed by atoms with E-state index in [0.29, 0.717) is 17.7 Å². The van der Waals surface area contributed by atoms with Gasteiger partial charge < -0.3 is 5.32 Å². The number of benzene rings is 1. The van der Waals surface area contributed by atoms with E-state index >= 15 is 0 Å². The number of non-ortho nitro benzene ring substituents is 1. The van der Waals surface area contributed by atoms with E-state index in [1.54, 1.807) is 6.92 Å². The molecule has 0 radical (unpaired) electrons. The number of aryl methyl sites for hydroxylation is 2. The highest BCUT2D eigenvalue weighted by atomic mass is 16.6. The standard InChI is InChI=1S/C11H14N2O3/c1-4-9-6-10(13(15)16)5-7(2)11(9)12-8(3)14/h5-6H,4H2,1-3H3,(H,12,14). The van der Waals surface area contributed by atoms with Crippen LogP contribution in [0.15, 0.2) is 12.1 Å². The van der Waals surface area contributed by atoms with Gasteiger partial charge in [0.05, 0.1) is 4.92 Å². The van der Waals surface area contributed by atoms with Gasteiger partial charge in [-0.05, 0) is 24.5 Å². The minimum absolute atomic E-state index is 0.0588. The molecule has 0 bridgehead atoms. The van der Waals surface area contributed by atoms with Crippen LogP contribution in [0.4, 0.5) is 11.4 Å². The smallest absolute Gasteiger partial charge is 0.270 e. The Bertz CT molecular complexity index is 441. The highest BCUT2D eigenvalue weighted by Crippen LogP contribution is 2.27. The van der Waals surface area contributed by atoms with E-state index in [1.807, 2.05) is 6.92 Å². The van der Waals surface area contributed by atoms with Crippen LogP contribution in [0.3, 0.4) is 0 Å². The Morgan fingerprint density at radius 3 is 2.56 bits per heavy atom. The summed E-state index contributed by atoms with van der Waals surface area (Å²) in [5.41, 5.74) is 2.23. The van der Waals surface area contributed by atoms with Crippen LogP contribution in [0.5, 0.6) is 0 Å². The van der Waals surface area contributed by atoms with Crippen molar-refractivity contribution in [2.45, 2.75) is 27.2 Å². The van der Waals surface area contributed by atoms with Gasteiger partial charge in [0, 0.05) is 24.7 Å². The molecule has 0 aliphatic rings. The normalized spacial score (nSPS) is 9.94. The number of nitro groups is 1. The quantitative estimate of drug-likeness (QED) is 0.630. The summed E-state index contributed by atoms with van der Waals surface area (Å²) in [7, 11) is 0. The third-order valence-corrected chi connectivity index (χ3v) is 2.29. The summed E-state index contributed by atoms with van der Waals surface area (Å²) in [5, 5.41) is 13.4. The molecule has 0 atom stereocenters. The fourth-order valence-corrected chi connectivity index (χ4v) is 1.58. The van der Waals surface area contributed by atoms with Crippen molar-refractivity contribution in [2.24, 2.45) is 0 Å². The van der Waals surface area contributed by atoms with Crippen LogP contribution in [-0.2, 0) is 11.2 Å². The van der Waals surface area contributed by atoms with Crippen LogP contribution in [-0.4, -0.2) is 10.8 Å². The largest absolute Gasteiger partial charge is 0.326 e. The van der Waals surface area contributed by atoms with Gasteiger partial charge in [-0.3, -0.25) is 14.9 Å². The Labute approximate surface area is 93.6 Å². The van der Waals surface area contributed by atoms with Crippen molar-refractivity contribution in [3.05, 3.63) is 33.4 Å². The molecule has 5 nitrogen and oxygen atoms in total. The molecule has 1 aromatic rings. The molecule has 0 unspecified atom stereocenters. The van der Waals surface area contributed by atoms with Crippen molar-refractivity contribution < 1.29 is 9.72 Å². The van der Waals surface area contributed by atoms with Gasteiger partial charge in [-0.1, -0.05) is 6.92 Å². The lowest BCUT2D eigenvalue weighted by molar-refractivity contribution is -0.384. The maximum Gasteiger partial charge on any atom is 0.270 e. The zero-order chi connectivity index (χ0) is 12.3. The predicted octanol–water partition coefficient (Wildman–Crippen LogP) is 2.42. The zero-order valence-electron chi connectivity index (χ0n) is 9.53. The minimum atomic E-state index is -0.427. The highest BCUT2D eigenvalue weighted by molar-refractivity contribution is 5.90. The maximum absolute atomic E-state index is 11.0. The van der Waals surface area contributed by atoms with E-state index in [-0.39, 0.29) is 11.6 Å². The van der Waals surface area contributed by atoms with E-state index in [4.69, 9.17) is 0 Å². The topological polar surface area (TPSA) is 72.2 Å². The first-order chi connectivity index (χ1) is 7.45. The van der Waals surface area contributed by atoms with Crippen molar-refractivity contribution >= 4 is 17.3 Å². The number of carbonyl (C=O) groups is 1. The number of nitro benzene ring substituents is 1. The lowest BCUT2D eigenvalue weighted by Crippen LogP contribution is -2.10. The van der Waals surface area contributed by atoms with Gasteiger partial charge in [-0.25, -0.2) is 0 Å². The number of nitrogens with zero attached hydrogens (tertiary/aromatic N) is 1.